The molecule has 0 aliphatic rings. The highest BCUT2D eigenvalue weighted by atomic mass is 32.2. The summed E-state index contributed by atoms with van der Waals surface area (Å²) in [7, 11) is -3.60. The highest BCUT2D eigenvalue weighted by Gasteiger charge is 2.25. The minimum Gasteiger partial charge on any atom is -0.480 e. The zero-order valence-electron chi connectivity index (χ0n) is 22.6. The first-order valence-corrected chi connectivity index (χ1v) is 15.9. The molecule has 0 aliphatic carbocycles. The molecule has 7 nitrogen and oxygen atoms in total. The van der Waals surface area contributed by atoms with Crippen molar-refractivity contribution in [1.29, 1.82) is 0 Å². The molecule has 0 bridgehead atoms. The van der Waals surface area contributed by atoms with E-state index >= 15 is 0 Å². The van der Waals surface area contributed by atoms with E-state index in [9.17, 15) is 23.1 Å². The summed E-state index contributed by atoms with van der Waals surface area (Å²) in [4.78, 5) is 25.1. The van der Waals surface area contributed by atoms with Gasteiger partial charge in [-0.2, -0.15) is 11.8 Å². The predicted molar refractivity (Wildman–Crippen MR) is 160 cm³/mol. The first-order valence-electron chi connectivity index (χ1n) is 12.9. The molecule has 0 spiro atoms. The van der Waals surface area contributed by atoms with Gasteiger partial charge < -0.3 is 10.4 Å². The van der Waals surface area contributed by atoms with E-state index in [1.807, 2.05) is 56.5 Å². The van der Waals surface area contributed by atoms with Gasteiger partial charge in [0.1, 0.15) is 6.04 Å². The standard InChI is InChI=1S/C30H36N2O5S2/c1-4-5-19-39(36,37)32(24-12-7-6-8-13-24)21-23-15-16-26(27(20-23)25-14-10-9-11-22(25)2)29(33)31-28(30(34)35)17-18-38-3/h6-16,20,28H,4-5,17-19,21H2,1-3H3,(H,31,33)(H,34,35). The second kappa shape index (κ2) is 14.2. The highest BCUT2D eigenvalue weighted by Crippen LogP contribution is 2.30. The molecule has 1 atom stereocenters. The summed E-state index contributed by atoms with van der Waals surface area (Å²) in [6, 6.07) is 20.8. The van der Waals surface area contributed by atoms with Gasteiger partial charge in [0.25, 0.3) is 5.91 Å². The van der Waals surface area contributed by atoms with Crippen LogP contribution in [0.4, 0.5) is 5.69 Å². The summed E-state index contributed by atoms with van der Waals surface area (Å²) in [6.07, 6.45) is 3.51. The largest absolute Gasteiger partial charge is 0.480 e. The monoisotopic (exact) mass is 568 g/mol. The Morgan fingerprint density at radius 3 is 2.33 bits per heavy atom. The molecule has 0 aliphatic heterocycles. The molecule has 0 saturated heterocycles. The number of hydrogen-bond acceptors (Lipinski definition) is 5. The fourth-order valence-corrected chi connectivity index (χ4v) is 6.40. The quantitative estimate of drug-likeness (QED) is 0.257. The number of unbranched alkanes of at least 4 members (excludes halogenated alkanes) is 1. The smallest absolute Gasteiger partial charge is 0.326 e. The third-order valence-electron chi connectivity index (χ3n) is 6.44. The molecule has 39 heavy (non-hydrogen) atoms. The number of para-hydroxylation sites is 1. The normalized spacial score (nSPS) is 12.1. The van der Waals surface area contributed by atoms with Gasteiger partial charge in [0, 0.05) is 5.56 Å². The molecule has 0 heterocycles. The second-order valence-corrected chi connectivity index (χ2v) is 12.4. The van der Waals surface area contributed by atoms with E-state index in [0.29, 0.717) is 41.0 Å². The molecule has 0 saturated carbocycles. The van der Waals surface area contributed by atoms with Crippen LogP contribution in [0.1, 0.15) is 47.7 Å². The summed E-state index contributed by atoms with van der Waals surface area (Å²) < 4.78 is 28.1. The number of nitrogens with one attached hydrogen (secondary N) is 1. The van der Waals surface area contributed by atoms with Crippen LogP contribution in [0.5, 0.6) is 0 Å². The zero-order chi connectivity index (χ0) is 28.4. The number of carbonyl (C=O) groups is 2. The average molecular weight is 569 g/mol. The maximum Gasteiger partial charge on any atom is 0.326 e. The van der Waals surface area contributed by atoms with Crippen LogP contribution >= 0.6 is 11.8 Å². The van der Waals surface area contributed by atoms with E-state index < -0.39 is 27.9 Å². The molecule has 1 unspecified atom stereocenters. The molecule has 3 aromatic rings. The molecule has 1 amide bonds. The van der Waals surface area contributed by atoms with Gasteiger partial charge in [-0.1, -0.05) is 61.9 Å². The van der Waals surface area contributed by atoms with Gasteiger partial charge in [0.15, 0.2) is 0 Å². The summed E-state index contributed by atoms with van der Waals surface area (Å²) in [6.45, 7) is 3.99. The number of amides is 1. The summed E-state index contributed by atoms with van der Waals surface area (Å²) >= 11 is 1.52. The first kappa shape index (κ1) is 30.2. The van der Waals surface area contributed by atoms with E-state index in [1.54, 1.807) is 36.4 Å². The van der Waals surface area contributed by atoms with Crippen LogP contribution < -0.4 is 9.62 Å². The number of carbonyl (C=O) groups excluding carboxylic acids is 1. The molecule has 208 valence electrons. The third-order valence-corrected chi connectivity index (χ3v) is 8.90. The maximum atomic E-state index is 13.4. The van der Waals surface area contributed by atoms with Gasteiger partial charge in [0.05, 0.1) is 18.0 Å². The Morgan fingerprint density at radius 1 is 1.00 bits per heavy atom. The molecular formula is C30H36N2O5S2. The van der Waals surface area contributed by atoms with Gasteiger partial charge in [-0.05, 0) is 78.3 Å². The molecule has 9 heteroatoms. The van der Waals surface area contributed by atoms with Crippen molar-refractivity contribution in [3.05, 3.63) is 89.5 Å². The van der Waals surface area contributed by atoms with Crippen molar-refractivity contribution in [2.24, 2.45) is 0 Å². The summed E-state index contributed by atoms with van der Waals surface area (Å²) in [5.41, 5.74) is 4.01. The Labute approximate surface area is 235 Å². The number of anilines is 1. The Kier molecular flexibility index (Phi) is 11.0. The average Bonchev–Trinajstić information content (AvgIpc) is 2.93. The molecule has 2 N–H and O–H groups in total. The summed E-state index contributed by atoms with van der Waals surface area (Å²) in [5.74, 6) is -0.926. The van der Waals surface area contributed by atoms with Crippen LogP contribution in [0.15, 0.2) is 72.8 Å². The van der Waals surface area contributed by atoms with Gasteiger partial charge in [-0.15, -0.1) is 0 Å². The van der Waals surface area contributed by atoms with Crippen LogP contribution in [0.3, 0.4) is 0 Å². The number of thioether (sulfide) groups is 1. The van der Waals surface area contributed by atoms with Crippen molar-refractivity contribution in [1.82, 2.24) is 5.32 Å². The van der Waals surface area contributed by atoms with Crippen LogP contribution in [0, 0.1) is 6.92 Å². The third kappa shape index (κ3) is 8.10. The Hall–Kier alpha value is -3.30. The lowest BCUT2D eigenvalue weighted by Crippen LogP contribution is -2.41. The Morgan fingerprint density at radius 2 is 1.69 bits per heavy atom. The molecule has 0 aromatic heterocycles. The number of hydrogen-bond donors (Lipinski definition) is 2. The van der Waals surface area contributed by atoms with E-state index in [2.05, 4.69) is 5.32 Å². The van der Waals surface area contributed by atoms with Gasteiger partial charge in [-0.25, -0.2) is 13.2 Å². The van der Waals surface area contributed by atoms with Crippen LogP contribution in [-0.4, -0.2) is 49.2 Å². The molecule has 3 aromatic carbocycles. The van der Waals surface area contributed by atoms with Crippen LogP contribution in [-0.2, 0) is 21.4 Å². The molecule has 0 radical (unpaired) electrons. The number of aryl methyl sites for hydroxylation is 1. The lowest BCUT2D eigenvalue weighted by atomic mass is 9.93. The van der Waals surface area contributed by atoms with E-state index in [-0.39, 0.29) is 12.3 Å². The van der Waals surface area contributed by atoms with Crippen molar-refractivity contribution in [3.8, 4) is 11.1 Å². The second-order valence-electron chi connectivity index (χ2n) is 9.35. The zero-order valence-corrected chi connectivity index (χ0v) is 24.2. The van der Waals surface area contributed by atoms with E-state index in [0.717, 1.165) is 17.5 Å². The van der Waals surface area contributed by atoms with E-state index in [1.165, 1.54) is 16.1 Å². The lowest BCUT2D eigenvalue weighted by molar-refractivity contribution is -0.139. The minimum absolute atomic E-state index is 0.0379. The number of rotatable bonds is 14. The lowest BCUT2D eigenvalue weighted by Gasteiger charge is -2.25. The number of benzene rings is 3. The van der Waals surface area contributed by atoms with Crippen molar-refractivity contribution in [3.63, 3.8) is 0 Å². The van der Waals surface area contributed by atoms with Crippen LogP contribution in [0.25, 0.3) is 11.1 Å². The van der Waals surface area contributed by atoms with Crippen molar-refractivity contribution < 1.29 is 23.1 Å². The summed E-state index contributed by atoms with van der Waals surface area (Å²) in [5, 5.41) is 12.3. The number of aliphatic carboxylic acids is 1. The van der Waals surface area contributed by atoms with Crippen molar-refractivity contribution >= 4 is 39.3 Å². The fourth-order valence-electron chi connectivity index (χ4n) is 4.26. The van der Waals surface area contributed by atoms with Gasteiger partial charge >= 0.3 is 5.97 Å². The maximum absolute atomic E-state index is 13.4. The number of carboxylic acid groups (broad SMARTS) is 1. The van der Waals surface area contributed by atoms with E-state index in [4.69, 9.17) is 0 Å². The predicted octanol–water partition coefficient (Wildman–Crippen LogP) is 5.73. The van der Waals surface area contributed by atoms with Crippen LogP contribution in [0.2, 0.25) is 0 Å². The SMILES string of the molecule is CCCCS(=O)(=O)N(Cc1ccc(C(=O)NC(CCSC)C(=O)O)c(-c2ccccc2C)c1)c1ccccc1. The first-order chi connectivity index (χ1) is 18.7. The fraction of sp³-hybridized carbons (Fsp3) is 0.333. The topological polar surface area (TPSA) is 104 Å². The van der Waals surface area contributed by atoms with Crippen molar-refractivity contribution in [2.75, 3.05) is 22.1 Å². The van der Waals surface area contributed by atoms with Gasteiger partial charge in [-0.3, -0.25) is 9.10 Å². The molecule has 3 rings (SSSR count). The Bertz CT molecular complexity index is 1380. The molecule has 0 fully saturated rings. The number of sulfonamides is 1. The number of nitrogens with zero attached hydrogens (tertiary/aromatic N) is 1. The van der Waals surface area contributed by atoms with Gasteiger partial charge in [0.2, 0.25) is 10.0 Å². The minimum atomic E-state index is -3.60. The Balaban J connectivity index is 2.05. The van der Waals surface area contributed by atoms with Crippen molar-refractivity contribution in [2.45, 2.75) is 45.7 Å². The molecular weight excluding hydrogens is 532 g/mol. The highest BCUT2D eigenvalue weighted by molar-refractivity contribution is 7.98. The number of carboxylic acids is 1.